The van der Waals surface area contributed by atoms with E-state index >= 15 is 0 Å². The van der Waals surface area contributed by atoms with Crippen LogP contribution in [0.3, 0.4) is 0 Å². The van der Waals surface area contributed by atoms with Gasteiger partial charge in [-0.05, 0) is 60.8 Å². The van der Waals surface area contributed by atoms with Gasteiger partial charge in [0.05, 0.1) is 5.69 Å². The third kappa shape index (κ3) is 4.24. The number of likely N-dealkylation sites (tertiary alicyclic amines) is 1. The number of para-hydroxylation sites is 1. The van der Waals surface area contributed by atoms with Crippen LogP contribution < -0.4 is 4.74 Å². The van der Waals surface area contributed by atoms with E-state index in [0.29, 0.717) is 6.61 Å². The van der Waals surface area contributed by atoms with Crippen LogP contribution in [0, 0.1) is 0 Å². The highest BCUT2D eigenvalue weighted by molar-refractivity contribution is 5.85. The first-order chi connectivity index (χ1) is 15.3. The van der Waals surface area contributed by atoms with Crippen LogP contribution in [0.1, 0.15) is 30.5 Å². The molecule has 158 valence electrons. The Hall–Kier alpha value is -3.04. The van der Waals surface area contributed by atoms with E-state index in [4.69, 9.17) is 4.74 Å². The van der Waals surface area contributed by atoms with Crippen molar-refractivity contribution in [1.29, 1.82) is 0 Å². The predicted molar refractivity (Wildman–Crippen MR) is 128 cm³/mol. The van der Waals surface area contributed by atoms with Gasteiger partial charge in [-0.25, -0.2) is 0 Å². The fourth-order valence-electron chi connectivity index (χ4n) is 4.75. The molecular formula is C28H30N2O. The van der Waals surface area contributed by atoms with Crippen LogP contribution in [0.15, 0.2) is 78.9 Å². The van der Waals surface area contributed by atoms with Crippen LogP contribution >= 0.6 is 0 Å². The second-order valence-corrected chi connectivity index (χ2v) is 8.52. The number of ether oxygens (including phenoxy) is 1. The molecule has 1 aromatic heterocycles. The average molecular weight is 411 g/mol. The van der Waals surface area contributed by atoms with Crippen LogP contribution in [0.2, 0.25) is 0 Å². The van der Waals surface area contributed by atoms with Crippen molar-refractivity contribution in [2.45, 2.75) is 32.4 Å². The number of fused-ring (bicyclic) bond motifs is 1. The van der Waals surface area contributed by atoms with Crippen LogP contribution in [0.5, 0.6) is 5.75 Å². The van der Waals surface area contributed by atoms with Crippen molar-refractivity contribution in [2.75, 3.05) is 13.1 Å². The minimum atomic E-state index is 0.582. The molecule has 2 heterocycles. The molecule has 0 radical (unpaired) electrons. The van der Waals surface area contributed by atoms with Crippen LogP contribution in [0.25, 0.3) is 22.0 Å². The molecule has 0 atom stereocenters. The Bertz CT molecular complexity index is 1140. The highest BCUT2D eigenvalue weighted by atomic mass is 16.5. The number of aryl methyl sites for hydroxylation is 1. The first-order valence-electron chi connectivity index (χ1n) is 11.4. The summed E-state index contributed by atoms with van der Waals surface area (Å²) in [6.45, 7) is 3.99. The Balaban J connectivity index is 1.38. The lowest BCUT2D eigenvalue weighted by Crippen LogP contribution is -2.29. The van der Waals surface area contributed by atoms with E-state index in [-0.39, 0.29) is 0 Å². The molecule has 4 aromatic rings. The Morgan fingerprint density at radius 1 is 0.742 bits per heavy atom. The van der Waals surface area contributed by atoms with E-state index in [0.717, 1.165) is 12.3 Å². The molecule has 3 heteroatoms. The number of aromatic nitrogens is 1. The van der Waals surface area contributed by atoms with E-state index in [9.17, 15) is 0 Å². The summed E-state index contributed by atoms with van der Waals surface area (Å²) < 4.78 is 8.60. The van der Waals surface area contributed by atoms with Crippen molar-refractivity contribution < 1.29 is 4.74 Å². The zero-order chi connectivity index (χ0) is 21.0. The van der Waals surface area contributed by atoms with Crippen LogP contribution in [-0.2, 0) is 20.2 Å². The van der Waals surface area contributed by atoms with Crippen molar-refractivity contribution >= 4 is 10.9 Å². The largest absolute Gasteiger partial charge is 0.487 e. The van der Waals surface area contributed by atoms with E-state index in [1.54, 1.807) is 0 Å². The number of nitrogens with zero attached hydrogens (tertiary/aromatic N) is 2. The third-order valence-corrected chi connectivity index (χ3v) is 6.51. The molecule has 0 unspecified atom stereocenters. The maximum Gasteiger partial charge on any atom is 0.129 e. The zero-order valence-corrected chi connectivity index (χ0v) is 18.3. The molecule has 0 aliphatic carbocycles. The van der Waals surface area contributed by atoms with Crippen LogP contribution in [0.4, 0.5) is 0 Å². The molecule has 1 aliphatic rings. The summed E-state index contributed by atoms with van der Waals surface area (Å²) >= 11 is 0. The first-order valence-corrected chi connectivity index (χ1v) is 11.4. The SMILES string of the molecule is Cn1c(COc2ccc(-c3ccccc3)cc2)c(CN2CCCCC2)c2ccccc21. The van der Waals surface area contributed by atoms with Crippen molar-refractivity contribution in [3.63, 3.8) is 0 Å². The lowest BCUT2D eigenvalue weighted by molar-refractivity contribution is 0.218. The summed E-state index contributed by atoms with van der Waals surface area (Å²) in [6.07, 6.45) is 3.98. The van der Waals surface area contributed by atoms with Gasteiger partial charge >= 0.3 is 0 Å². The number of hydrogen-bond donors (Lipinski definition) is 0. The number of benzene rings is 3. The standard InChI is InChI=1S/C28H30N2O/c1-29-27-13-7-6-12-25(27)26(20-30-18-8-3-9-19-30)28(29)21-31-24-16-14-23(15-17-24)22-10-4-2-5-11-22/h2,4-7,10-17H,3,8-9,18-21H2,1H3. The van der Waals surface area contributed by atoms with Gasteiger partial charge in [0.25, 0.3) is 0 Å². The van der Waals surface area contributed by atoms with Gasteiger partial charge in [0, 0.05) is 24.5 Å². The summed E-state index contributed by atoms with van der Waals surface area (Å²) in [5.41, 5.74) is 6.42. The summed E-state index contributed by atoms with van der Waals surface area (Å²) in [5, 5.41) is 1.36. The molecular weight excluding hydrogens is 380 g/mol. The highest BCUT2D eigenvalue weighted by Gasteiger charge is 2.19. The summed E-state index contributed by atoms with van der Waals surface area (Å²) in [6, 6.07) is 27.7. The highest BCUT2D eigenvalue weighted by Crippen LogP contribution is 2.29. The van der Waals surface area contributed by atoms with E-state index < -0.39 is 0 Å². The number of piperidine rings is 1. The number of rotatable bonds is 6. The van der Waals surface area contributed by atoms with Gasteiger partial charge in [-0.1, -0.05) is 67.1 Å². The summed E-state index contributed by atoms with van der Waals surface area (Å²) in [7, 11) is 2.17. The molecule has 0 N–H and O–H groups in total. The predicted octanol–water partition coefficient (Wildman–Crippen LogP) is 6.41. The Morgan fingerprint density at radius 3 is 2.19 bits per heavy atom. The molecule has 0 amide bonds. The topological polar surface area (TPSA) is 17.4 Å². The van der Waals surface area contributed by atoms with E-state index in [1.807, 2.05) is 6.07 Å². The molecule has 1 aliphatic heterocycles. The smallest absolute Gasteiger partial charge is 0.129 e. The molecule has 3 nitrogen and oxygen atoms in total. The third-order valence-electron chi connectivity index (χ3n) is 6.51. The monoisotopic (exact) mass is 410 g/mol. The first kappa shape index (κ1) is 19.9. The fourth-order valence-corrected chi connectivity index (χ4v) is 4.75. The molecule has 0 spiro atoms. The summed E-state index contributed by atoms with van der Waals surface area (Å²) in [5.74, 6) is 0.911. The minimum Gasteiger partial charge on any atom is -0.487 e. The van der Waals surface area contributed by atoms with Gasteiger partial charge in [-0.2, -0.15) is 0 Å². The lowest BCUT2D eigenvalue weighted by Gasteiger charge is -2.26. The Morgan fingerprint density at radius 2 is 1.42 bits per heavy atom. The second-order valence-electron chi connectivity index (χ2n) is 8.52. The maximum absolute atomic E-state index is 6.28. The van der Waals surface area contributed by atoms with Gasteiger partial charge in [0.1, 0.15) is 12.4 Å². The molecule has 0 saturated carbocycles. The quantitative estimate of drug-likeness (QED) is 0.365. The molecule has 5 rings (SSSR count). The second kappa shape index (κ2) is 8.99. The molecule has 1 fully saturated rings. The van der Waals surface area contributed by atoms with Gasteiger partial charge in [-0.15, -0.1) is 0 Å². The molecule has 0 bridgehead atoms. The lowest BCUT2D eigenvalue weighted by atomic mass is 10.1. The van der Waals surface area contributed by atoms with Crippen LogP contribution in [-0.4, -0.2) is 22.6 Å². The fraction of sp³-hybridized carbons (Fsp3) is 0.286. The van der Waals surface area contributed by atoms with Gasteiger partial charge in [0.15, 0.2) is 0 Å². The van der Waals surface area contributed by atoms with Crippen molar-refractivity contribution in [3.05, 3.63) is 90.1 Å². The zero-order valence-electron chi connectivity index (χ0n) is 18.3. The van der Waals surface area contributed by atoms with E-state index in [2.05, 4.69) is 89.3 Å². The van der Waals surface area contributed by atoms with Gasteiger partial charge in [-0.3, -0.25) is 4.90 Å². The summed E-state index contributed by atoms with van der Waals surface area (Å²) in [4.78, 5) is 2.60. The minimum absolute atomic E-state index is 0.582. The normalized spacial score (nSPS) is 14.7. The maximum atomic E-state index is 6.28. The van der Waals surface area contributed by atoms with Crippen molar-refractivity contribution in [2.24, 2.45) is 7.05 Å². The van der Waals surface area contributed by atoms with Crippen molar-refractivity contribution in [3.8, 4) is 16.9 Å². The number of hydrogen-bond acceptors (Lipinski definition) is 2. The molecule has 3 aromatic carbocycles. The van der Waals surface area contributed by atoms with Gasteiger partial charge in [0.2, 0.25) is 0 Å². The van der Waals surface area contributed by atoms with Crippen molar-refractivity contribution in [1.82, 2.24) is 9.47 Å². The van der Waals surface area contributed by atoms with E-state index in [1.165, 1.54) is 65.6 Å². The Kier molecular flexibility index (Phi) is 5.77. The Labute approximate surface area is 184 Å². The average Bonchev–Trinajstić information content (AvgIpc) is 3.10. The van der Waals surface area contributed by atoms with Gasteiger partial charge < -0.3 is 9.30 Å². The molecule has 31 heavy (non-hydrogen) atoms. The molecule has 1 saturated heterocycles.